The van der Waals surface area contributed by atoms with E-state index in [4.69, 9.17) is 15.2 Å². The molecule has 0 aliphatic heterocycles. The summed E-state index contributed by atoms with van der Waals surface area (Å²) in [4.78, 5) is 2.54. The molecule has 120 valence electrons. The van der Waals surface area contributed by atoms with Crippen LogP contribution in [0.2, 0.25) is 0 Å². The second-order valence-corrected chi connectivity index (χ2v) is 5.93. The molecule has 0 aromatic heterocycles. The smallest absolute Gasteiger partial charge is 0.0589 e. The van der Waals surface area contributed by atoms with Gasteiger partial charge in [-0.3, -0.25) is 4.90 Å². The molecule has 0 amide bonds. The first-order valence-electron chi connectivity index (χ1n) is 8.25. The van der Waals surface area contributed by atoms with Gasteiger partial charge in [-0.2, -0.15) is 0 Å². The number of hydrogen-bond acceptors (Lipinski definition) is 4. The fraction of sp³-hybridized carbons (Fsp3) is 1.00. The Morgan fingerprint density at radius 2 is 1.65 bits per heavy atom. The number of hydrogen-bond donors (Lipinski definition) is 1. The molecule has 0 aromatic carbocycles. The monoisotopic (exact) mass is 286 g/mol. The molecule has 0 aromatic rings. The molecule has 1 aliphatic carbocycles. The minimum absolute atomic E-state index is 0.514. The van der Waals surface area contributed by atoms with Crippen molar-refractivity contribution in [2.45, 2.75) is 51.0 Å². The maximum absolute atomic E-state index is 6.12. The van der Waals surface area contributed by atoms with Gasteiger partial charge in [0.25, 0.3) is 0 Å². The molecule has 1 unspecified atom stereocenters. The second-order valence-electron chi connectivity index (χ2n) is 5.93. The molecular formula is C16H34N2O2. The molecule has 0 spiro atoms. The van der Waals surface area contributed by atoms with E-state index >= 15 is 0 Å². The molecule has 1 rings (SSSR count). The van der Waals surface area contributed by atoms with Crippen LogP contribution in [0.25, 0.3) is 0 Å². The first kappa shape index (κ1) is 17.9. The zero-order chi connectivity index (χ0) is 14.6. The van der Waals surface area contributed by atoms with Gasteiger partial charge in [0.15, 0.2) is 0 Å². The van der Waals surface area contributed by atoms with Gasteiger partial charge in [-0.25, -0.2) is 0 Å². The molecule has 20 heavy (non-hydrogen) atoms. The van der Waals surface area contributed by atoms with E-state index in [-0.39, 0.29) is 0 Å². The van der Waals surface area contributed by atoms with E-state index in [1.54, 1.807) is 14.2 Å². The highest BCUT2D eigenvalue weighted by molar-refractivity contribution is 4.82. The predicted molar refractivity (Wildman–Crippen MR) is 84.0 cm³/mol. The van der Waals surface area contributed by atoms with Crippen molar-refractivity contribution in [2.24, 2.45) is 11.7 Å². The summed E-state index contributed by atoms with van der Waals surface area (Å²) in [5, 5.41) is 0. The van der Waals surface area contributed by atoms with Crippen LogP contribution >= 0.6 is 0 Å². The molecule has 4 heteroatoms. The van der Waals surface area contributed by atoms with Gasteiger partial charge in [0, 0.05) is 46.5 Å². The summed E-state index contributed by atoms with van der Waals surface area (Å²) in [6, 6.07) is 0.514. The summed E-state index contributed by atoms with van der Waals surface area (Å²) < 4.78 is 10.5. The topological polar surface area (TPSA) is 47.7 Å². The van der Waals surface area contributed by atoms with Crippen molar-refractivity contribution in [3.63, 3.8) is 0 Å². The lowest BCUT2D eigenvalue weighted by Crippen LogP contribution is -2.47. The summed E-state index contributed by atoms with van der Waals surface area (Å²) in [6.07, 6.45) is 9.30. The molecule has 1 fully saturated rings. The zero-order valence-corrected chi connectivity index (χ0v) is 13.5. The van der Waals surface area contributed by atoms with Crippen LogP contribution in [0, 0.1) is 5.92 Å². The summed E-state index contributed by atoms with van der Waals surface area (Å²) in [7, 11) is 3.54. The van der Waals surface area contributed by atoms with E-state index in [1.165, 1.54) is 38.5 Å². The standard InChI is InChI=1S/C16H34N2O2/c1-19-12-7-10-18(11-13-20-2)16(14-17)15-8-5-3-4-6-9-15/h15-16H,3-14,17H2,1-2H3. The van der Waals surface area contributed by atoms with Crippen LogP contribution in [0.5, 0.6) is 0 Å². The first-order valence-corrected chi connectivity index (χ1v) is 8.25. The Morgan fingerprint density at radius 1 is 1.00 bits per heavy atom. The Labute approximate surface area is 125 Å². The number of rotatable bonds is 10. The van der Waals surface area contributed by atoms with Crippen molar-refractivity contribution in [3.05, 3.63) is 0 Å². The Bertz CT molecular complexity index is 219. The van der Waals surface area contributed by atoms with Gasteiger partial charge < -0.3 is 15.2 Å². The Balaban J connectivity index is 2.56. The van der Waals surface area contributed by atoms with Crippen LogP contribution in [0.1, 0.15) is 44.9 Å². The Hall–Kier alpha value is -0.160. The lowest BCUT2D eigenvalue weighted by molar-refractivity contribution is 0.0810. The summed E-state index contributed by atoms with van der Waals surface area (Å²) in [6.45, 7) is 4.43. The minimum Gasteiger partial charge on any atom is -0.385 e. The van der Waals surface area contributed by atoms with Crippen LogP contribution in [0.4, 0.5) is 0 Å². The second kappa shape index (κ2) is 11.5. The molecule has 4 nitrogen and oxygen atoms in total. The summed E-state index contributed by atoms with van der Waals surface area (Å²) in [5.41, 5.74) is 6.12. The van der Waals surface area contributed by atoms with Crippen molar-refractivity contribution in [1.29, 1.82) is 0 Å². The summed E-state index contributed by atoms with van der Waals surface area (Å²) in [5.74, 6) is 0.766. The Morgan fingerprint density at radius 3 is 2.20 bits per heavy atom. The van der Waals surface area contributed by atoms with Crippen LogP contribution < -0.4 is 5.73 Å². The van der Waals surface area contributed by atoms with Crippen molar-refractivity contribution < 1.29 is 9.47 Å². The third kappa shape index (κ3) is 6.53. The summed E-state index contributed by atoms with van der Waals surface area (Å²) >= 11 is 0. The van der Waals surface area contributed by atoms with Crippen molar-refractivity contribution in [1.82, 2.24) is 4.90 Å². The van der Waals surface area contributed by atoms with E-state index in [0.29, 0.717) is 6.04 Å². The van der Waals surface area contributed by atoms with Gasteiger partial charge in [-0.1, -0.05) is 25.7 Å². The van der Waals surface area contributed by atoms with Gasteiger partial charge >= 0.3 is 0 Å². The average molecular weight is 286 g/mol. The lowest BCUT2D eigenvalue weighted by atomic mass is 9.90. The predicted octanol–water partition coefficient (Wildman–Crippen LogP) is 2.27. The highest BCUT2D eigenvalue weighted by Crippen LogP contribution is 2.27. The van der Waals surface area contributed by atoms with Crippen LogP contribution in [0.15, 0.2) is 0 Å². The third-order valence-electron chi connectivity index (χ3n) is 4.53. The van der Waals surface area contributed by atoms with Gasteiger partial charge in [0.2, 0.25) is 0 Å². The first-order chi connectivity index (χ1) is 9.83. The van der Waals surface area contributed by atoms with Gasteiger partial charge in [0.1, 0.15) is 0 Å². The van der Waals surface area contributed by atoms with E-state index in [1.807, 2.05) is 0 Å². The molecule has 2 N–H and O–H groups in total. The molecule has 0 radical (unpaired) electrons. The van der Waals surface area contributed by atoms with Crippen molar-refractivity contribution >= 4 is 0 Å². The average Bonchev–Trinajstić information content (AvgIpc) is 2.74. The van der Waals surface area contributed by atoms with Gasteiger partial charge in [-0.05, 0) is 25.2 Å². The minimum atomic E-state index is 0.514. The number of nitrogens with two attached hydrogens (primary N) is 1. The van der Waals surface area contributed by atoms with E-state index < -0.39 is 0 Å². The maximum atomic E-state index is 6.12. The number of ether oxygens (including phenoxy) is 2. The van der Waals surface area contributed by atoms with Crippen LogP contribution in [-0.2, 0) is 9.47 Å². The Kier molecular flexibility index (Phi) is 10.3. The molecule has 0 heterocycles. The largest absolute Gasteiger partial charge is 0.385 e. The molecule has 0 bridgehead atoms. The fourth-order valence-corrected chi connectivity index (χ4v) is 3.40. The van der Waals surface area contributed by atoms with Crippen molar-refractivity contribution in [2.75, 3.05) is 47.1 Å². The van der Waals surface area contributed by atoms with E-state index in [0.717, 1.165) is 45.2 Å². The fourth-order valence-electron chi connectivity index (χ4n) is 3.40. The van der Waals surface area contributed by atoms with Gasteiger partial charge in [0.05, 0.1) is 6.61 Å². The molecular weight excluding hydrogens is 252 g/mol. The highest BCUT2D eigenvalue weighted by Gasteiger charge is 2.26. The molecule has 1 atom stereocenters. The molecule has 1 saturated carbocycles. The van der Waals surface area contributed by atoms with Crippen LogP contribution in [0.3, 0.4) is 0 Å². The molecule has 1 aliphatic rings. The maximum Gasteiger partial charge on any atom is 0.0589 e. The number of methoxy groups -OCH3 is 2. The quantitative estimate of drug-likeness (QED) is 0.494. The van der Waals surface area contributed by atoms with E-state index in [2.05, 4.69) is 4.90 Å². The normalized spacial score (nSPS) is 19.2. The van der Waals surface area contributed by atoms with Crippen LogP contribution in [-0.4, -0.2) is 58.0 Å². The SMILES string of the molecule is COCCCN(CCOC)C(CN)C1CCCCCC1. The molecule has 0 saturated heterocycles. The zero-order valence-electron chi connectivity index (χ0n) is 13.5. The van der Waals surface area contributed by atoms with Gasteiger partial charge in [-0.15, -0.1) is 0 Å². The third-order valence-corrected chi connectivity index (χ3v) is 4.53. The van der Waals surface area contributed by atoms with Crippen molar-refractivity contribution in [3.8, 4) is 0 Å². The highest BCUT2D eigenvalue weighted by atomic mass is 16.5. The number of nitrogens with zero attached hydrogens (tertiary/aromatic N) is 1. The van der Waals surface area contributed by atoms with E-state index in [9.17, 15) is 0 Å². The lowest BCUT2D eigenvalue weighted by Gasteiger charge is -2.36.